The lowest BCUT2D eigenvalue weighted by Gasteiger charge is -2.12. The minimum Gasteiger partial charge on any atom is -0.264 e. The van der Waals surface area contributed by atoms with Crippen LogP contribution in [0.2, 0.25) is 0 Å². The molecule has 0 atom stereocenters. The van der Waals surface area contributed by atoms with Crippen molar-refractivity contribution in [1.29, 1.82) is 0 Å². The van der Waals surface area contributed by atoms with Crippen molar-refractivity contribution in [3.05, 3.63) is 152 Å². The van der Waals surface area contributed by atoms with Crippen molar-refractivity contribution >= 4 is 21.5 Å². The zero-order chi connectivity index (χ0) is 25.3. The maximum atomic E-state index is 4.28. The number of aromatic nitrogens is 1. The van der Waals surface area contributed by atoms with E-state index in [0.717, 1.165) is 5.56 Å². The van der Waals surface area contributed by atoms with Gasteiger partial charge in [0.1, 0.15) is 0 Å². The number of pyridine rings is 1. The van der Waals surface area contributed by atoms with E-state index in [9.17, 15) is 0 Å². The molecule has 0 fully saturated rings. The third kappa shape index (κ3) is 4.05. The van der Waals surface area contributed by atoms with Crippen molar-refractivity contribution in [2.24, 2.45) is 0 Å². The summed E-state index contributed by atoms with van der Waals surface area (Å²) in [5.41, 5.74) is 9.64. The molecule has 7 aromatic rings. The molecule has 178 valence electrons. The predicted octanol–water partition coefficient (Wildman–Crippen LogP) is 10.1. The Bertz CT molecular complexity index is 1900. The van der Waals surface area contributed by atoms with Crippen molar-refractivity contribution < 1.29 is 0 Å². The molecule has 1 heterocycles. The van der Waals surface area contributed by atoms with E-state index in [1.54, 1.807) is 0 Å². The summed E-state index contributed by atoms with van der Waals surface area (Å²) in [7, 11) is 0. The normalized spacial score (nSPS) is 11.2. The molecule has 0 saturated heterocycles. The lowest BCUT2D eigenvalue weighted by Crippen LogP contribution is -1.86. The van der Waals surface area contributed by atoms with E-state index in [4.69, 9.17) is 0 Å². The van der Waals surface area contributed by atoms with Crippen molar-refractivity contribution in [3.8, 4) is 44.5 Å². The fourth-order valence-electron chi connectivity index (χ4n) is 5.43. The second-order valence-electron chi connectivity index (χ2n) is 9.67. The monoisotopic (exact) mass is 483 g/mol. The average Bonchev–Trinajstić information content (AvgIpc) is 3.01. The summed E-state index contributed by atoms with van der Waals surface area (Å²) < 4.78 is 0. The largest absolute Gasteiger partial charge is 0.264 e. The fraction of sp³-hybridized carbons (Fsp3) is 0. The Balaban J connectivity index is 1.25. The van der Waals surface area contributed by atoms with Gasteiger partial charge < -0.3 is 0 Å². The van der Waals surface area contributed by atoms with E-state index in [1.165, 1.54) is 60.5 Å². The quantitative estimate of drug-likeness (QED) is 0.227. The molecular formula is C37H25N. The second kappa shape index (κ2) is 9.46. The van der Waals surface area contributed by atoms with E-state index < -0.39 is 0 Å². The van der Waals surface area contributed by atoms with Crippen LogP contribution in [-0.4, -0.2) is 4.98 Å². The van der Waals surface area contributed by atoms with E-state index in [1.807, 2.05) is 18.5 Å². The summed E-state index contributed by atoms with van der Waals surface area (Å²) in [6, 6.07) is 50.2. The Hall–Kier alpha value is -5.01. The van der Waals surface area contributed by atoms with Crippen molar-refractivity contribution in [2.45, 2.75) is 0 Å². The first-order chi connectivity index (χ1) is 18.8. The first-order valence-corrected chi connectivity index (χ1v) is 13.0. The molecule has 0 aliphatic rings. The smallest absolute Gasteiger partial charge is 0.0346 e. The molecule has 0 spiro atoms. The van der Waals surface area contributed by atoms with E-state index in [2.05, 4.69) is 138 Å². The van der Waals surface area contributed by atoms with Gasteiger partial charge in [-0.3, -0.25) is 4.98 Å². The van der Waals surface area contributed by atoms with Crippen molar-refractivity contribution in [1.82, 2.24) is 4.98 Å². The maximum Gasteiger partial charge on any atom is 0.0346 e. The predicted molar refractivity (Wildman–Crippen MR) is 161 cm³/mol. The number of rotatable bonds is 4. The number of hydrogen-bond donors (Lipinski definition) is 0. The first kappa shape index (κ1) is 22.2. The number of fused-ring (bicyclic) bond motifs is 3. The van der Waals surface area contributed by atoms with E-state index >= 15 is 0 Å². The van der Waals surface area contributed by atoms with Crippen LogP contribution in [0.5, 0.6) is 0 Å². The molecule has 1 aromatic heterocycles. The van der Waals surface area contributed by atoms with Crippen LogP contribution in [-0.2, 0) is 0 Å². The summed E-state index contributed by atoms with van der Waals surface area (Å²) in [4.78, 5) is 4.28. The summed E-state index contributed by atoms with van der Waals surface area (Å²) in [6.45, 7) is 0. The van der Waals surface area contributed by atoms with Gasteiger partial charge in [0.05, 0.1) is 0 Å². The molecule has 0 unspecified atom stereocenters. The minimum absolute atomic E-state index is 1.13. The molecule has 0 saturated carbocycles. The van der Waals surface area contributed by atoms with Crippen LogP contribution < -0.4 is 0 Å². The molecule has 0 amide bonds. The number of hydrogen-bond acceptors (Lipinski definition) is 1. The van der Waals surface area contributed by atoms with Crippen molar-refractivity contribution in [2.75, 3.05) is 0 Å². The number of nitrogens with zero attached hydrogens (tertiary/aromatic N) is 1. The molecule has 0 radical (unpaired) electrons. The molecule has 0 bridgehead atoms. The van der Waals surface area contributed by atoms with Crippen molar-refractivity contribution in [3.63, 3.8) is 0 Å². The van der Waals surface area contributed by atoms with Crippen LogP contribution in [0.4, 0.5) is 0 Å². The lowest BCUT2D eigenvalue weighted by molar-refractivity contribution is 1.33. The van der Waals surface area contributed by atoms with Gasteiger partial charge in [-0.25, -0.2) is 0 Å². The number of benzene rings is 6. The molecule has 0 aliphatic heterocycles. The van der Waals surface area contributed by atoms with Gasteiger partial charge in [0.15, 0.2) is 0 Å². The summed E-state index contributed by atoms with van der Waals surface area (Å²) in [5.74, 6) is 0. The van der Waals surface area contributed by atoms with Gasteiger partial charge in [-0.1, -0.05) is 115 Å². The standard InChI is InChI=1S/C37H25N/c1-2-14-34-32(8-1)24-37(36-16-4-3-15-35(34)36)27-19-17-26(18-20-27)28-9-5-10-29(22-28)30-11-6-12-31(23-30)33-13-7-21-38-25-33/h1-25H. The van der Waals surface area contributed by atoms with Gasteiger partial charge >= 0.3 is 0 Å². The van der Waals surface area contributed by atoms with Gasteiger partial charge in [-0.2, -0.15) is 0 Å². The molecule has 0 N–H and O–H groups in total. The van der Waals surface area contributed by atoms with Gasteiger partial charge in [-0.05, 0) is 84.8 Å². The zero-order valence-electron chi connectivity index (χ0n) is 20.9. The highest BCUT2D eigenvalue weighted by Crippen LogP contribution is 2.36. The van der Waals surface area contributed by atoms with Gasteiger partial charge in [0.2, 0.25) is 0 Å². The van der Waals surface area contributed by atoms with E-state index in [-0.39, 0.29) is 0 Å². The minimum atomic E-state index is 1.13. The summed E-state index contributed by atoms with van der Waals surface area (Å²) in [5, 5.41) is 5.15. The van der Waals surface area contributed by atoms with E-state index in [0.29, 0.717) is 0 Å². The second-order valence-corrected chi connectivity index (χ2v) is 9.67. The molecule has 1 nitrogen and oxygen atoms in total. The van der Waals surface area contributed by atoms with Gasteiger partial charge in [0, 0.05) is 18.0 Å². The Kier molecular flexibility index (Phi) is 5.53. The maximum absolute atomic E-state index is 4.28. The first-order valence-electron chi connectivity index (χ1n) is 13.0. The molecular weight excluding hydrogens is 458 g/mol. The highest BCUT2D eigenvalue weighted by Gasteiger charge is 2.09. The SMILES string of the molecule is c1cncc(-c2cccc(-c3cccc(-c4ccc(-c5cc6ccccc6c6ccccc56)cc4)c3)c2)c1. The molecule has 0 aliphatic carbocycles. The van der Waals surface area contributed by atoms with Gasteiger partial charge in [-0.15, -0.1) is 0 Å². The Morgan fingerprint density at radius 1 is 0.342 bits per heavy atom. The molecule has 6 aromatic carbocycles. The average molecular weight is 484 g/mol. The van der Waals surface area contributed by atoms with Crippen LogP contribution in [0.15, 0.2) is 152 Å². The third-order valence-corrected chi connectivity index (χ3v) is 7.35. The Labute approximate surface area is 222 Å². The molecule has 38 heavy (non-hydrogen) atoms. The molecule has 7 rings (SSSR count). The third-order valence-electron chi connectivity index (χ3n) is 7.35. The van der Waals surface area contributed by atoms with Crippen LogP contribution in [0.1, 0.15) is 0 Å². The van der Waals surface area contributed by atoms with Crippen LogP contribution in [0.3, 0.4) is 0 Å². The molecule has 1 heteroatoms. The summed E-state index contributed by atoms with van der Waals surface area (Å²) >= 11 is 0. The van der Waals surface area contributed by atoms with Gasteiger partial charge in [0.25, 0.3) is 0 Å². The topological polar surface area (TPSA) is 12.9 Å². The fourth-order valence-corrected chi connectivity index (χ4v) is 5.43. The summed E-state index contributed by atoms with van der Waals surface area (Å²) in [6.07, 6.45) is 3.72. The highest BCUT2D eigenvalue weighted by atomic mass is 14.6. The zero-order valence-corrected chi connectivity index (χ0v) is 20.9. The van der Waals surface area contributed by atoms with Crippen LogP contribution in [0, 0.1) is 0 Å². The Morgan fingerprint density at radius 3 is 1.58 bits per heavy atom. The highest BCUT2D eigenvalue weighted by molar-refractivity contribution is 6.13. The van der Waals surface area contributed by atoms with Crippen LogP contribution in [0.25, 0.3) is 66.1 Å². The lowest BCUT2D eigenvalue weighted by atomic mass is 9.92. The Morgan fingerprint density at radius 2 is 0.895 bits per heavy atom. The van der Waals surface area contributed by atoms with Crippen LogP contribution >= 0.6 is 0 Å².